The van der Waals surface area contributed by atoms with E-state index in [2.05, 4.69) is 21.2 Å². The fraction of sp³-hybridized carbons (Fsp3) is 0.318. The second-order valence-corrected chi connectivity index (χ2v) is 8.37. The average molecular weight is 526 g/mol. The van der Waals surface area contributed by atoms with Crippen LogP contribution in [0, 0.1) is 12.8 Å². The standard InChI is InChI=1S/C22H22BrClN2O6/c1-12-16(6-5-15(23)21(12)24)25-19(27)11-32-22(29)13-8-20(28)26(10-13)17-9-14(30-2)4-7-18(17)31-3/h4-7,9,13H,8,10-11H2,1-3H3,(H,25,27)/t13-/m1/s1. The van der Waals surface area contributed by atoms with Crippen LogP contribution in [0.4, 0.5) is 11.4 Å². The molecule has 170 valence electrons. The summed E-state index contributed by atoms with van der Waals surface area (Å²) < 4.78 is 16.4. The largest absolute Gasteiger partial charge is 0.497 e. The maximum Gasteiger partial charge on any atom is 0.311 e. The van der Waals surface area contributed by atoms with Gasteiger partial charge in [0.15, 0.2) is 6.61 Å². The molecule has 1 atom stereocenters. The zero-order valence-electron chi connectivity index (χ0n) is 17.7. The molecule has 3 rings (SSSR count). The van der Waals surface area contributed by atoms with Crippen molar-refractivity contribution in [3.05, 3.63) is 45.4 Å². The van der Waals surface area contributed by atoms with Crippen molar-refractivity contribution >= 4 is 56.7 Å². The van der Waals surface area contributed by atoms with Crippen LogP contribution in [0.15, 0.2) is 34.8 Å². The summed E-state index contributed by atoms with van der Waals surface area (Å²) in [5.41, 5.74) is 1.71. The predicted molar refractivity (Wildman–Crippen MR) is 123 cm³/mol. The van der Waals surface area contributed by atoms with Crippen LogP contribution in [-0.2, 0) is 19.1 Å². The monoisotopic (exact) mass is 524 g/mol. The number of esters is 1. The summed E-state index contributed by atoms with van der Waals surface area (Å²) in [4.78, 5) is 38.8. The number of hydrogen-bond acceptors (Lipinski definition) is 6. The summed E-state index contributed by atoms with van der Waals surface area (Å²) in [7, 11) is 3.02. The van der Waals surface area contributed by atoms with Gasteiger partial charge in [0.25, 0.3) is 5.91 Å². The molecule has 32 heavy (non-hydrogen) atoms. The molecule has 1 heterocycles. The van der Waals surface area contributed by atoms with E-state index in [0.717, 1.165) is 0 Å². The van der Waals surface area contributed by atoms with Gasteiger partial charge in [-0.3, -0.25) is 14.4 Å². The SMILES string of the molecule is COc1ccc(OC)c(N2C[C@H](C(=O)OCC(=O)Nc3ccc(Br)c(Cl)c3C)CC2=O)c1. The van der Waals surface area contributed by atoms with Crippen molar-refractivity contribution in [2.24, 2.45) is 5.92 Å². The second kappa shape index (κ2) is 10.2. The first-order valence-corrected chi connectivity index (χ1v) is 10.9. The van der Waals surface area contributed by atoms with Crippen molar-refractivity contribution < 1.29 is 28.6 Å². The maximum absolute atomic E-state index is 12.6. The number of nitrogens with one attached hydrogen (secondary N) is 1. The Morgan fingerprint density at radius 2 is 1.97 bits per heavy atom. The van der Waals surface area contributed by atoms with Crippen molar-refractivity contribution in [1.82, 2.24) is 0 Å². The van der Waals surface area contributed by atoms with Crippen molar-refractivity contribution in [3.63, 3.8) is 0 Å². The topological polar surface area (TPSA) is 94.2 Å². The highest BCUT2D eigenvalue weighted by Gasteiger charge is 2.37. The Morgan fingerprint density at radius 1 is 1.22 bits per heavy atom. The number of amides is 2. The highest BCUT2D eigenvalue weighted by molar-refractivity contribution is 9.10. The van der Waals surface area contributed by atoms with Crippen LogP contribution in [0.25, 0.3) is 0 Å². The minimum atomic E-state index is -0.699. The molecule has 0 unspecified atom stereocenters. The quantitative estimate of drug-likeness (QED) is 0.550. The Morgan fingerprint density at radius 3 is 2.66 bits per heavy atom. The van der Waals surface area contributed by atoms with E-state index in [9.17, 15) is 14.4 Å². The van der Waals surface area contributed by atoms with Crippen molar-refractivity contribution in [2.45, 2.75) is 13.3 Å². The molecule has 1 fully saturated rings. The van der Waals surface area contributed by atoms with Crippen LogP contribution in [0.3, 0.4) is 0 Å². The number of rotatable bonds is 7. The third-order valence-electron chi connectivity index (χ3n) is 5.09. The predicted octanol–water partition coefficient (Wildman–Crippen LogP) is 3.96. The fourth-order valence-corrected chi connectivity index (χ4v) is 3.93. The van der Waals surface area contributed by atoms with Gasteiger partial charge in [0.05, 0.1) is 30.8 Å². The normalized spacial score (nSPS) is 15.5. The molecular weight excluding hydrogens is 504 g/mol. The third kappa shape index (κ3) is 5.16. The van der Waals surface area contributed by atoms with E-state index in [-0.39, 0.29) is 18.9 Å². The van der Waals surface area contributed by atoms with Gasteiger partial charge in [0, 0.05) is 29.2 Å². The Kier molecular flexibility index (Phi) is 7.63. The van der Waals surface area contributed by atoms with Gasteiger partial charge in [-0.1, -0.05) is 11.6 Å². The number of ether oxygens (including phenoxy) is 3. The third-order valence-corrected chi connectivity index (χ3v) is 6.47. The molecule has 1 aliphatic heterocycles. The molecule has 2 amide bonds. The molecule has 0 radical (unpaired) electrons. The number of methoxy groups -OCH3 is 2. The first-order chi connectivity index (χ1) is 15.2. The Labute approximate surface area is 198 Å². The van der Waals surface area contributed by atoms with Crippen LogP contribution in [0.1, 0.15) is 12.0 Å². The molecule has 1 aliphatic rings. The first kappa shape index (κ1) is 23.9. The molecule has 0 bridgehead atoms. The summed E-state index contributed by atoms with van der Waals surface area (Å²) in [6.07, 6.45) is -0.0256. The highest BCUT2D eigenvalue weighted by atomic mass is 79.9. The molecule has 8 nitrogen and oxygen atoms in total. The lowest BCUT2D eigenvalue weighted by molar-refractivity contribution is -0.151. The average Bonchev–Trinajstić information content (AvgIpc) is 3.18. The second-order valence-electron chi connectivity index (χ2n) is 7.13. The molecular formula is C22H22BrClN2O6. The Hall–Kier alpha value is -2.78. The van der Waals surface area contributed by atoms with Crippen LogP contribution in [-0.4, -0.2) is 45.2 Å². The molecule has 1 N–H and O–H groups in total. The number of nitrogens with zero attached hydrogens (tertiary/aromatic N) is 1. The molecule has 0 saturated carbocycles. The molecule has 1 saturated heterocycles. The lowest BCUT2D eigenvalue weighted by Crippen LogP contribution is -2.28. The van der Waals surface area contributed by atoms with Crippen LogP contribution >= 0.6 is 27.5 Å². The lowest BCUT2D eigenvalue weighted by atomic mass is 10.1. The molecule has 2 aromatic carbocycles. The summed E-state index contributed by atoms with van der Waals surface area (Å²) in [5.74, 6) is -1.03. The number of halogens is 2. The molecule has 0 aliphatic carbocycles. The van der Waals surface area contributed by atoms with Gasteiger partial charge in [-0.2, -0.15) is 0 Å². The minimum Gasteiger partial charge on any atom is -0.497 e. The Balaban J connectivity index is 1.61. The number of carbonyl (C=O) groups excluding carboxylic acids is 3. The van der Waals surface area contributed by atoms with Crippen molar-refractivity contribution in [3.8, 4) is 11.5 Å². The van der Waals surface area contributed by atoms with Gasteiger partial charge >= 0.3 is 5.97 Å². The minimum absolute atomic E-state index is 0.0256. The van der Waals surface area contributed by atoms with E-state index < -0.39 is 24.4 Å². The maximum atomic E-state index is 12.6. The van der Waals surface area contributed by atoms with E-state index in [4.69, 9.17) is 25.8 Å². The van der Waals surface area contributed by atoms with Gasteiger partial charge in [-0.05, 0) is 52.7 Å². The van der Waals surface area contributed by atoms with Crippen LogP contribution in [0.2, 0.25) is 5.02 Å². The Bertz CT molecular complexity index is 1060. The van der Waals surface area contributed by atoms with Gasteiger partial charge < -0.3 is 24.4 Å². The first-order valence-electron chi connectivity index (χ1n) is 9.68. The van der Waals surface area contributed by atoms with Crippen molar-refractivity contribution in [2.75, 3.05) is 37.6 Å². The van der Waals surface area contributed by atoms with E-state index in [1.54, 1.807) is 37.3 Å². The summed E-state index contributed by atoms with van der Waals surface area (Å²) in [5, 5.41) is 3.15. The van der Waals surface area contributed by atoms with Gasteiger partial charge in [-0.25, -0.2) is 0 Å². The summed E-state index contributed by atoms with van der Waals surface area (Å²) in [6.45, 7) is 1.41. The summed E-state index contributed by atoms with van der Waals surface area (Å²) in [6, 6.07) is 8.48. The summed E-state index contributed by atoms with van der Waals surface area (Å²) >= 11 is 9.48. The fourth-order valence-electron chi connectivity index (χ4n) is 3.33. The van der Waals surface area contributed by atoms with E-state index >= 15 is 0 Å². The molecule has 2 aromatic rings. The van der Waals surface area contributed by atoms with Crippen LogP contribution in [0.5, 0.6) is 11.5 Å². The molecule has 0 spiro atoms. The van der Waals surface area contributed by atoms with Gasteiger partial charge in [-0.15, -0.1) is 0 Å². The number of carbonyl (C=O) groups is 3. The van der Waals surface area contributed by atoms with E-state index in [1.165, 1.54) is 19.1 Å². The highest BCUT2D eigenvalue weighted by Crippen LogP contribution is 2.36. The van der Waals surface area contributed by atoms with Crippen molar-refractivity contribution in [1.29, 1.82) is 0 Å². The number of anilines is 2. The smallest absolute Gasteiger partial charge is 0.311 e. The zero-order chi connectivity index (χ0) is 23.4. The van der Waals surface area contributed by atoms with Gasteiger partial charge in [0.2, 0.25) is 5.91 Å². The molecule has 0 aromatic heterocycles. The zero-order valence-corrected chi connectivity index (χ0v) is 20.1. The van der Waals surface area contributed by atoms with Gasteiger partial charge in [0.1, 0.15) is 11.5 Å². The van der Waals surface area contributed by atoms with E-state index in [0.29, 0.717) is 37.9 Å². The molecule has 10 heteroatoms. The number of benzene rings is 2. The lowest BCUT2D eigenvalue weighted by Gasteiger charge is -2.20. The number of hydrogen-bond donors (Lipinski definition) is 1. The van der Waals surface area contributed by atoms with Crippen LogP contribution < -0.4 is 19.7 Å². The van der Waals surface area contributed by atoms with E-state index in [1.807, 2.05) is 0 Å².